The molecule has 1 unspecified atom stereocenters. The molecular formula is C20H22N6O2. The van der Waals surface area contributed by atoms with Gasteiger partial charge in [0, 0.05) is 29.3 Å². The number of aromatic nitrogens is 6. The number of hydrogen-bond acceptors (Lipinski definition) is 6. The molecule has 0 bridgehead atoms. The van der Waals surface area contributed by atoms with Crippen molar-refractivity contribution in [3.8, 4) is 17.1 Å². The number of ether oxygens (including phenoxy) is 1. The van der Waals surface area contributed by atoms with Gasteiger partial charge in [0.2, 0.25) is 0 Å². The molecule has 0 saturated heterocycles. The summed E-state index contributed by atoms with van der Waals surface area (Å²) in [7, 11) is 0. The maximum absolute atomic E-state index is 10.7. The highest BCUT2D eigenvalue weighted by Crippen LogP contribution is 2.30. The van der Waals surface area contributed by atoms with Gasteiger partial charge in [0.05, 0.1) is 17.5 Å². The Morgan fingerprint density at radius 3 is 2.86 bits per heavy atom. The highest BCUT2D eigenvalue weighted by atomic mass is 16.5. The Hall–Kier alpha value is -3.10. The van der Waals surface area contributed by atoms with Crippen molar-refractivity contribution in [1.29, 1.82) is 0 Å². The average molecular weight is 378 g/mol. The number of benzene rings is 1. The number of pyridine rings is 1. The molecule has 0 aliphatic heterocycles. The molecule has 0 radical (unpaired) electrons. The smallest absolute Gasteiger partial charge is 0.162 e. The van der Waals surface area contributed by atoms with Crippen LogP contribution in [0, 0.1) is 0 Å². The van der Waals surface area contributed by atoms with Crippen molar-refractivity contribution in [1.82, 2.24) is 29.9 Å². The van der Waals surface area contributed by atoms with Gasteiger partial charge in [0.15, 0.2) is 11.5 Å². The topological polar surface area (TPSA) is 102 Å². The second-order valence-corrected chi connectivity index (χ2v) is 7.06. The van der Waals surface area contributed by atoms with Gasteiger partial charge in [-0.2, -0.15) is 5.10 Å². The van der Waals surface area contributed by atoms with Crippen molar-refractivity contribution in [3.63, 3.8) is 0 Å². The van der Waals surface area contributed by atoms with E-state index in [9.17, 15) is 5.11 Å². The standard InChI is InChI=1S/C20H22N6O2/c1-4-28-20(2,3)17(27)14-8-15-11-24-26(19(15)21-10-14)16-7-5-6-13(9-16)18-22-12-23-25-18/h5-12,17,27H,4H2,1-3H3,(H,22,23,25). The first-order valence-corrected chi connectivity index (χ1v) is 9.12. The number of nitrogens with one attached hydrogen (secondary N) is 1. The summed E-state index contributed by atoms with van der Waals surface area (Å²) in [5.74, 6) is 0.690. The summed E-state index contributed by atoms with van der Waals surface area (Å²) < 4.78 is 7.43. The fourth-order valence-corrected chi connectivity index (χ4v) is 3.26. The lowest BCUT2D eigenvalue weighted by atomic mass is 9.95. The monoisotopic (exact) mass is 378 g/mol. The summed E-state index contributed by atoms with van der Waals surface area (Å²) in [4.78, 5) is 7.55. The average Bonchev–Trinajstić information content (AvgIpc) is 3.37. The number of nitrogens with zero attached hydrogens (tertiary/aromatic N) is 5. The van der Waals surface area contributed by atoms with Gasteiger partial charge in [-0.1, -0.05) is 12.1 Å². The van der Waals surface area contributed by atoms with Gasteiger partial charge < -0.3 is 14.8 Å². The van der Waals surface area contributed by atoms with Crippen molar-refractivity contribution >= 4 is 11.0 Å². The van der Waals surface area contributed by atoms with E-state index in [1.165, 1.54) is 0 Å². The predicted molar refractivity (Wildman–Crippen MR) is 105 cm³/mol. The van der Waals surface area contributed by atoms with Crippen molar-refractivity contribution in [2.45, 2.75) is 32.5 Å². The normalized spacial score (nSPS) is 13.1. The third-order valence-electron chi connectivity index (χ3n) is 4.70. The molecule has 0 saturated carbocycles. The van der Waals surface area contributed by atoms with Gasteiger partial charge in [-0.05, 0) is 39.0 Å². The van der Waals surface area contributed by atoms with E-state index in [-0.39, 0.29) is 0 Å². The first-order valence-electron chi connectivity index (χ1n) is 9.12. The Kier molecular flexibility index (Phi) is 4.66. The number of rotatable bonds is 6. The van der Waals surface area contributed by atoms with E-state index in [0.717, 1.165) is 16.6 Å². The van der Waals surface area contributed by atoms with Crippen LogP contribution < -0.4 is 0 Å². The van der Waals surface area contributed by atoms with Crippen LogP contribution in [0.5, 0.6) is 0 Å². The SMILES string of the molecule is CCOC(C)(C)C(O)c1cnc2c(cnn2-c2cccc(-c3nnc[nH]3)c2)c1. The maximum atomic E-state index is 10.7. The lowest BCUT2D eigenvalue weighted by molar-refractivity contribution is -0.0984. The van der Waals surface area contributed by atoms with Gasteiger partial charge in [-0.3, -0.25) is 0 Å². The third kappa shape index (κ3) is 3.28. The summed E-state index contributed by atoms with van der Waals surface area (Å²) >= 11 is 0. The number of aromatic amines is 1. The minimum atomic E-state index is -0.789. The Labute approximate surface area is 162 Å². The molecule has 4 aromatic rings. The van der Waals surface area contributed by atoms with Crippen LogP contribution in [0.15, 0.2) is 49.1 Å². The highest BCUT2D eigenvalue weighted by molar-refractivity contribution is 5.77. The summed E-state index contributed by atoms with van der Waals surface area (Å²) in [6, 6.07) is 9.71. The predicted octanol–water partition coefficient (Wildman–Crippen LogP) is 3.05. The summed E-state index contributed by atoms with van der Waals surface area (Å²) in [6.45, 7) is 6.17. The molecule has 4 rings (SSSR count). The minimum Gasteiger partial charge on any atom is -0.385 e. The van der Waals surface area contributed by atoms with Crippen LogP contribution in [0.2, 0.25) is 0 Å². The molecule has 144 valence electrons. The Morgan fingerprint density at radius 1 is 1.25 bits per heavy atom. The first kappa shape index (κ1) is 18.3. The Morgan fingerprint density at radius 2 is 2.11 bits per heavy atom. The highest BCUT2D eigenvalue weighted by Gasteiger charge is 2.30. The number of H-pyrrole nitrogens is 1. The van der Waals surface area contributed by atoms with E-state index in [1.807, 2.05) is 51.1 Å². The van der Waals surface area contributed by atoms with Crippen LogP contribution in [0.4, 0.5) is 0 Å². The molecule has 3 heterocycles. The minimum absolute atomic E-state index is 0.527. The summed E-state index contributed by atoms with van der Waals surface area (Å²) in [5.41, 5.74) is 2.47. The van der Waals surface area contributed by atoms with Crippen molar-refractivity contribution in [3.05, 3.63) is 54.6 Å². The van der Waals surface area contributed by atoms with Crippen LogP contribution in [0.3, 0.4) is 0 Å². The third-order valence-corrected chi connectivity index (χ3v) is 4.70. The van der Waals surface area contributed by atoms with E-state index < -0.39 is 11.7 Å². The molecule has 0 amide bonds. The lowest BCUT2D eigenvalue weighted by Gasteiger charge is -2.30. The van der Waals surface area contributed by atoms with Crippen LogP contribution in [-0.4, -0.2) is 47.3 Å². The maximum Gasteiger partial charge on any atom is 0.162 e. The van der Waals surface area contributed by atoms with E-state index in [4.69, 9.17) is 4.74 Å². The van der Waals surface area contributed by atoms with Crippen molar-refractivity contribution in [2.75, 3.05) is 6.61 Å². The Bertz CT molecular complexity index is 1090. The molecular weight excluding hydrogens is 356 g/mol. The fourth-order valence-electron chi connectivity index (χ4n) is 3.26. The zero-order valence-corrected chi connectivity index (χ0v) is 16.0. The van der Waals surface area contributed by atoms with Crippen molar-refractivity contribution < 1.29 is 9.84 Å². The molecule has 1 atom stereocenters. The molecule has 0 aliphatic carbocycles. The summed E-state index contributed by atoms with van der Waals surface area (Å²) in [5, 5.41) is 23.9. The van der Waals surface area contributed by atoms with Gasteiger partial charge in [0.25, 0.3) is 0 Å². The largest absolute Gasteiger partial charge is 0.385 e. The molecule has 0 fully saturated rings. The van der Waals surface area contributed by atoms with Crippen LogP contribution in [-0.2, 0) is 4.74 Å². The number of hydrogen-bond donors (Lipinski definition) is 2. The van der Waals surface area contributed by atoms with Gasteiger partial charge in [-0.25, -0.2) is 9.67 Å². The zero-order chi connectivity index (χ0) is 19.7. The molecule has 28 heavy (non-hydrogen) atoms. The second-order valence-electron chi connectivity index (χ2n) is 7.06. The molecule has 8 heteroatoms. The van der Waals surface area contributed by atoms with E-state index in [2.05, 4.69) is 25.3 Å². The summed E-state index contributed by atoms with van der Waals surface area (Å²) in [6.07, 6.45) is 4.17. The van der Waals surface area contributed by atoms with Gasteiger partial charge >= 0.3 is 0 Å². The fraction of sp³-hybridized carbons (Fsp3) is 0.300. The molecule has 8 nitrogen and oxygen atoms in total. The van der Waals surface area contributed by atoms with E-state index in [0.29, 0.717) is 23.6 Å². The number of fused-ring (bicyclic) bond motifs is 1. The molecule has 1 aromatic carbocycles. The van der Waals surface area contributed by atoms with Crippen LogP contribution >= 0.6 is 0 Å². The van der Waals surface area contributed by atoms with Gasteiger partial charge in [-0.15, -0.1) is 10.2 Å². The van der Waals surface area contributed by atoms with E-state index in [1.54, 1.807) is 23.4 Å². The number of aliphatic hydroxyl groups is 1. The second kappa shape index (κ2) is 7.14. The van der Waals surface area contributed by atoms with Gasteiger partial charge in [0.1, 0.15) is 12.4 Å². The molecule has 0 spiro atoms. The first-order chi connectivity index (χ1) is 13.5. The van der Waals surface area contributed by atoms with Crippen LogP contribution in [0.25, 0.3) is 28.1 Å². The molecule has 0 aliphatic rings. The lowest BCUT2D eigenvalue weighted by Crippen LogP contribution is -2.32. The molecule has 2 N–H and O–H groups in total. The number of aliphatic hydroxyl groups excluding tert-OH is 1. The zero-order valence-electron chi connectivity index (χ0n) is 16.0. The Balaban J connectivity index is 1.70. The van der Waals surface area contributed by atoms with Crippen LogP contribution in [0.1, 0.15) is 32.4 Å². The quantitative estimate of drug-likeness (QED) is 0.535. The van der Waals surface area contributed by atoms with Crippen molar-refractivity contribution in [2.24, 2.45) is 0 Å². The van der Waals surface area contributed by atoms with E-state index >= 15 is 0 Å². The molecule has 3 aromatic heterocycles.